The molecule has 0 unspecified atom stereocenters. The van der Waals surface area contributed by atoms with Gasteiger partial charge in [0.05, 0.1) is 26.0 Å². The van der Waals surface area contributed by atoms with Crippen LogP contribution in [-0.2, 0) is 0 Å². The molecule has 5 rings (SSSR count). The van der Waals surface area contributed by atoms with E-state index in [1.807, 2.05) is 6.07 Å². The number of carbonyl (C=O) groups excluding carboxylic acids is 1. The normalized spacial score (nSPS) is 10.9. The molecule has 3 aromatic carbocycles. The van der Waals surface area contributed by atoms with E-state index in [1.54, 1.807) is 61.7 Å². The average molecular weight is 521 g/mol. The summed E-state index contributed by atoms with van der Waals surface area (Å²) in [5, 5.41) is 37.1. The predicted octanol–water partition coefficient (Wildman–Crippen LogP) is 5.08. The summed E-state index contributed by atoms with van der Waals surface area (Å²) in [4.78, 5) is 21.7. The number of carbonyl (C=O) groups is 1. The first-order chi connectivity index (χ1) is 19.0. The number of nitrogens with one attached hydrogen (secondary N) is 1. The molecule has 192 valence electrons. The summed E-state index contributed by atoms with van der Waals surface area (Å²) < 4.78 is 11.7. The van der Waals surface area contributed by atoms with E-state index in [0.717, 1.165) is 0 Å². The number of amides is 1. The number of anilines is 1. The zero-order chi connectivity index (χ0) is 27.4. The standard InChI is InChI=1S/C27H20N8O4/c1-38-19-6-4-18(5-7-19)32-26(37)23-21-9-8-20(39-2)12-16(21)13-22(24(23)36)33-34-25-17(14-28)15-31-35(25)27-29-10-3-11-30-27/h3-13,15,36H,1-2H3,(H,32,37). The quantitative estimate of drug-likeness (QED) is 0.281. The zero-order valence-corrected chi connectivity index (χ0v) is 20.7. The van der Waals surface area contributed by atoms with Crippen LogP contribution >= 0.6 is 0 Å². The van der Waals surface area contributed by atoms with Crippen molar-refractivity contribution in [1.82, 2.24) is 19.7 Å². The molecule has 0 atom stereocenters. The van der Waals surface area contributed by atoms with Gasteiger partial charge >= 0.3 is 0 Å². The predicted molar refractivity (Wildman–Crippen MR) is 141 cm³/mol. The highest BCUT2D eigenvalue weighted by atomic mass is 16.5. The van der Waals surface area contributed by atoms with Crippen LogP contribution in [0.25, 0.3) is 16.7 Å². The molecule has 12 nitrogen and oxygen atoms in total. The molecule has 0 saturated carbocycles. The van der Waals surface area contributed by atoms with E-state index < -0.39 is 11.7 Å². The van der Waals surface area contributed by atoms with Crippen molar-refractivity contribution in [2.24, 2.45) is 10.2 Å². The maximum atomic E-state index is 13.4. The smallest absolute Gasteiger partial charge is 0.260 e. The van der Waals surface area contributed by atoms with Gasteiger partial charge in [0.25, 0.3) is 11.9 Å². The Morgan fingerprint density at radius 2 is 1.74 bits per heavy atom. The maximum absolute atomic E-state index is 13.4. The van der Waals surface area contributed by atoms with Gasteiger partial charge in [-0.05, 0) is 65.4 Å². The highest BCUT2D eigenvalue weighted by molar-refractivity contribution is 6.16. The van der Waals surface area contributed by atoms with Gasteiger partial charge in [0.1, 0.15) is 28.8 Å². The maximum Gasteiger partial charge on any atom is 0.260 e. The molecule has 0 bridgehead atoms. The van der Waals surface area contributed by atoms with Gasteiger partial charge in [-0.2, -0.15) is 15.0 Å². The minimum Gasteiger partial charge on any atom is -0.505 e. The average Bonchev–Trinajstić information content (AvgIpc) is 3.39. The highest BCUT2D eigenvalue weighted by Gasteiger charge is 2.21. The summed E-state index contributed by atoms with van der Waals surface area (Å²) in [5.41, 5.74) is 0.589. The van der Waals surface area contributed by atoms with Crippen molar-refractivity contribution in [2.75, 3.05) is 19.5 Å². The van der Waals surface area contributed by atoms with Gasteiger partial charge in [0.15, 0.2) is 11.6 Å². The fourth-order valence-corrected chi connectivity index (χ4v) is 3.83. The van der Waals surface area contributed by atoms with Gasteiger partial charge in [-0.15, -0.1) is 10.2 Å². The first kappa shape index (κ1) is 24.8. The fraction of sp³-hybridized carbons (Fsp3) is 0.0741. The molecule has 2 N–H and O–H groups in total. The summed E-state index contributed by atoms with van der Waals surface area (Å²) >= 11 is 0. The molecule has 0 aliphatic heterocycles. The van der Waals surface area contributed by atoms with E-state index >= 15 is 0 Å². The van der Waals surface area contributed by atoms with E-state index in [2.05, 4.69) is 30.6 Å². The van der Waals surface area contributed by atoms with Crippen LogP contribution in [-0.4, -0.2) is 45.0 Å². The number of azo groups is 1. The van der Waals surface area contributed by atoms with E-state index in [1.165, 1.54) is 30.4 Å². The molecular formula is C27H20N8O4. The van der Waals surface area contributed by atoms with E-state index in [9.17, 15) is 15.2 Å². The Hall–Kier alpha value is -5.83. The highest BCUT2D eigenvalue weighted by Crippen LogP contribution is 2.39. The lowest BCUT2D eigenvalue weighted by molar-refractivity contribution is 0.102. The molecule has 0 fully saturated rings. The minimum absolute atomic E-state index is 0.0127. The number of hydrogen-bond donors (Lipinski definition) is 2. The number of ether oxygens (including phenoxy) is 2. The number of fused-ring (bicyclic) bond motifs is 1. The number of methoxy groups -OCH3 is 2. The number of aromatic nitrogens is 4. The minimum atomic E-state index is -0.565. The van der Waals surface area contributed by atoms with E-state index in [0.29, 0.717) is 28.0 Å². The van der Waals surface area contributed by atoms with Crippen LogP contribution in [0.3, 0.4) is 0 Å². The second-order valence-electron chi connectivity index (χ2n) is 8.04. The van der Waals surface area contributed by atoms with Crippen LogP contribution in [0.15, 0.2) is 83.4 Å². The Morgan fingerprint density at radius 1 is 1.03 bits per heavy atom. The number of phenols is 1. The summed E-state index contributed by atoms with van der Waals surface area (Å²) in [6.07, 6.45) is 4.35. The number of phenolic OH excluding ortho intramolecular Hbond substituents is 1. The molecule has 12 heteroatoms. The van der Waals surface area contributed by atoms with Crippen molar-refractivity contribution in [3.8, 4) is 29.3 Å². The summed E-state index contributed by atoms with van der Waals surface area (Å²) in [7, 11) is 3.07. The molecule has 2 aromatic heterocycles. The van der Waals surface area contributed by atoms with Crippen LogP contribution in [0.1, 0.15) is 15.9 Å². The Kier molecular flexibility index (Phi) is 6.79. The first-order valence-electron chi connectivity index (χ1n) is 11.5. The largest absolute Gasteiger partial charge is 0.505 e. The lowest BCUT2D eigenvalue weighted by atomic mass is 10.0. The van der Waals surface area contributed by atoms with Crippen molar-refractivity contribution in [3.05, 3.63) is 84.3 Å². The lowest BCUT2D eigenvalue weighted by Crippen LogP contribution is -2.12. The molecule has 2 heterocycles. The van der Waals surface area contributed by atoms with Crippen molar-refractivity contribution in [3.63, 3.8) is 0 Å². The van der Waals surface area contributed by atoms with Gasteiger partial charge < -0.3 is 19.9 Å². The van der Waals surface area contributed by atoms with Crippen LogP contribution in [0.2, 0.25) is 0 Å². The zero-order valence-electron chi connectivity index (χ0n) is 20.7. The van der Waals surface area contributed by atoms with Crippen molar-refractivity contribution in [2.45, 2.75) is 0 Å². The Bertz CT molecular complexity index is 1740. The summed E-state index contributed by atoms with van der Waals surface area (Å²) in [6, 6.07) is 17.0. The molecule has 1 amide bonds. The van der Waals surface area contributed by atoms with Crippen molar-refractivity contribution < 1.29 is 19.4 Å². The van der Waals surface area contributed by atoms with Gasteiger partial charge in [-0.1, -0.05) is 0 Å². The molecule has 0 spiro atoms. The number of hydrogen-bond acceptors (Lipinski definition) is 10. The van der Waals surface area contributed by atoms with E-state index in [4.69, 9.17) is 9.47 Å². The first-order valence-corrected chi connectivity index (χ1v) is 11.5. The number of nitrogens with zero attached hydrogens (tertiary/aromatic N) is 7. The Morgan fingerprint density at radius 3 is 2.44 bits per heavy atom. The summed E-state index contributed by atoms with van der Waals surface area (Å²) in [5.74, 6) is 0.447. The number of nitriles is 1. The molecule has 0 radical (unpaired) electrons. The second-order valence-corrected chi connectivity index (χ2v) is 8.04. The number of aromatic hydroxyl groups is 1. The van der Waals surface area contributed by atoms with Crippen LogP contribution in [0.4, 0.5) is 17.2 Å². The topological polar surface area (TPSA) is 160 Å². The third-order valence-corrected chi connectivity index (χ3v) is 5.73. The molecule has 0 aliphatic rings. The second kappa shape index (κ2) is 10.7. The van der Waals surface area contributed by atoms with Crippen molar-refractivity contribution in [1.29, 1.82) is 5.26 Å². The molecular weight excluding hydrogens is 500 g/mol. The van der Waals surface area contributed by atoms with Gasteiger partial charge in [0, 0.05) is 18.1 Å². The molecule has 39 heavy (non-hydrogen) atoms. The molecule has 5 aromatic rings. The third kappa shape index (κ3) is 4.92. The number of benzene rings is 3. The molecule has 0 aliphatic carbocycles. The SMILES string of the molecule is COc1ccc(NC(=O)c2c(O)c(N=Nc3c(C#N)cnn3-c3ncccn3)cc3cc(OC)ccc23)cc1. The van der Waals surface area contributed by atoms with E-state index in [-0.39, 0.29) is 28.6 Å². The Labute approximate surface area is 221 Å². The van der Waals surface area contributed by atoms with Crippen LogP contribution in [0, 0.1) is 11.3 Å². The lowest BCUT2D eigenvalue weighted by Gasteiger charge is -2.13. The summed E-state index contributed by atoms with van der Waals surface area (Å²) in [6.45, 7) is 0. The Balaban J connectivity index is 1.60. The van der Waals surface area contributed by atoms with Gasteiger partial charge in [0.2, 0.25) is 0 Å². The van der Waals surface area contributed by atoms with Crippen molar-refractivity contribution >= 4 is 33.9 Å². The van der Waals surface area contributed by atoms with Gasteiger partial charge in [-0.25, -0.2) is 9.97 Å². The fourth-order valence-electron chi connectivity index (χ4n) is 3.83. The van der Waals surface area contributed by atoms with Gasteiger partial charge in [-0.3, -0.25) is 4.79 Å². The van der Waals surface area contributed by atoms with Crippen LogP contribution < -0.4 is 14.8 Å². The third-order valence-electron chi connectivity index (χ3n) is 5.73. The van der Waals surface area contributed by atoms with Crippen LogP contribution in [0.5, 0.6) is 17.2 Å². The molecule has 0 saturated heterocycles. The number of rotatable bonds is 7. The monoisotopic (exact) mass is 520 g/mol.